The quantitative estimate of drug-likeness (QED) is 0.646. The number of carbonyl (C=O) groups excluding carboxylic acids is 1. The van der Waals surface area contributed by atoms with Crippen molar-refractivity contribution in [1.82, 2.24) is 4.57 Å². The van der Waals surface area contributed by atoms with Crippen LogP contribution in [0.25, 0.3) is 0 Å². The van der Waals surface area contributed by atoms with E-state index in [1.165, 1.54) is 4.57 Å². The van der Waals surface area contributed by atoms with Crippen LogP contribution in [0.15, 0.2) is 4.99 Å². The Morgan fingerprint density at radius 3 is 1.94 bits per heavy atom. The Balaban J connectivity index is 3.03. The van der Waals surface area contributed by atoms with Gasteiger partial charge in [-0.15, -0.1) is 0 Å². The van der Waals surface area contributed by atoms with Crippen molar-refractivity contribution < 1.29 is 4.79 Å². The number of nitrogens with two attached hydrogens (primary N) is 2. The average molecular weight is 304 g/mol. The van der Waals surface area contributed by atoms with Gasteiger partial charge in [0.05, 0.1) is 10.0 Å². The van der Waals surface area contributed by atoms with Crippen molar-refractivity contribution >= 4 is 58.3 Å². The minimum atomic E-state index is -0.618. The van der Waals surface area contributed by atoms with Crippen LogP contribution in [-0.2, 0) is 11.3 Å². The van der Waals surface area contributed by atoms with Crippen molar-refractivity contribution in [2.45, 2.75) is 6.54 Å². The van der Waals surface area contributed by atoms with Gasteiger partial charge in [0.1, 0.15) is 16.9 Å². The molecule has 4 N–H and O–H groups in total. The number of nitrogens with zero attached hydrogens (tertiary/aromatic N) is 2. The van der Waals surface area contributed by atoms with Crippen LogP contribution in [0, 0.1) is 0 Å². The zero-order valence-electron chi connectivity index (χ0n) is 7.68. The van der Waals surface area contributed by atoms with Gasteiger partial charge < -0.3 is 16.0 Å². The molecule has 0 fully saturated rings. The Morgan fingerprint density at radius 2 is 1.56 bits per heavy atom. The van der Waals surface area contributed by atoms with Crippen LogP contribution in [-0.4, -0.2) is 16.4 Å². The second kappa shape index (κ2) is 5.14. The van der Waals surface area contributed by atoms with E-state index in [1.807, 2.05) is 0 Å². The summed E-state index contributed by atoms with van der Waals surface area (Å²) in [6.07, 6.45) is 0. The molecule has 1 heterocycles. The molecule has 1 amide bonds. The van der Waals surface area contributed by atoms with Gasteiger partial charge in [0, 0.05) is 0 Å². The zero-order valence-corrected chi connectivity index (χ0v) is 10.7. The number of aliphatic imine (C=N–C) groups is 1. The number of aromatic nitrogens is 1. The fourth-order valence-electron chi connectivity index (χ4n) is 0.958. The van der Waals surface area contributed by atoms with E-state index < -0.39 is 5.91 Å². The molecule has 0 aliphatic heterocycles. The number of guanidine groups is 1. The standard InChI is InChI=1S/C7H6Cl4N4O/c8-3-4(9)6(11)15(5(3)10)1-2(16)14-7(12)13/h1H2,(H4,12,13,14,16). The highest BCUT2D eigenvalue weighted by Gasteiger charge is 2.19. The van der Waals surface area contributed by atoms with Crippen molar-refractivity contribution in [2.24, 2.45) is 16.5 Å². The minimum Gasteiger partial charge on any atom is -0.370 e. The van der Waals surface area contributed by atoms with E-state index >= 15 is 0 Å². The highest BCUT2D eigenvalue weighted by molar-refractivity contribution is 6.52. The molecule has 0 unspecified atom stereocenters. The van der Waals surface area contributed by atoms with E-state index in [4.69, 9.17) is 57.9 Å². The van der Waals surface area contributed by atoms with E-state index in [0.29, 0.717) is 0 Å². The second-order valence-electron chi connectivity index (χ2n) is 2.73. The average Bonchev–Trinajstić information content (AvgIpc) is 2.34. The molecule has 16 heavy (non-hydrogen) atoms. The monoisotopic (exact) mass is 302 g/mol. The molecule has 0 aliphatic rings. The Hall–Kier alpha value is -0.620. The van der Waals surface area contributed by atoms with Gasteiger partial charge in [-0.05, 0) is 0 Å². The van der Waals surface area contributed by atoms with Crippen LogP contribution < -0.4 is 11.5 Å². The van der Waals surface area contributed by atoms with Gasteiger partial charge >= 0.3 is 0 Å². The lowest BCUT2D eigenvalue weighted by Crippen LogP contribution is -2.25. The van der Waals surface area contributed by atoms with Gasteiger partial charge in [-0.1, -0.05) is 46.4 Å². The van der Waals surface area contributed by atoms with E-state index in [0.717, 1.165) is 0 Å². The minimum absolute atomic E-state index is 0.0517. The summed E-state index contributed by atoms with van der Waals surface area (Å²) < 4.78 is 1.20. The molecule has 0 saturated carbocycles. The summed E-state index contributed by atoms with van der Waals surface area (Å²) in [5.74, 6) is -0.964. The Morgan fingerprint density at radius 1 is 1.12 bits per heavy atom. The lowest BCUT2D eigenvalue weighted by atomic mass is 10.6. The molecule has 0 atom stereocenters. The molecule has 88 valence electrons. The number of halogens is 4. The number of rotatable bonds is 2. The van der Waals surface area contributed by atoms with Crippen molar-refractivity contribution in [3.05, 3.63) is 20.4 Å². The summed E-state index contributed by atoms with van der Waals surface area (Å²) >= 11 is 23.1. The largest absolute Gasteiger partial charge is 0.370 e. The lowest BCUT2D eigenvalue weighted by Gasteiger charge is -2.02. The van der Waals surface area contributed by atoms with Gasteiger partial charge in [-0.2, -0.15) is 4.99 Å². The number of amides is 1. The number of carbonyl (C=O) groups is 1. The van der Waals surface area contributed by atoms with Gasteiger partial charge in [0.25, 0.3) is 5.91 Å². The van der Waals surface area contributed by atoms with Crippen molar-refractivity contribution in [2.75, 3.05) is 0 Å². The maximum atomic E-state index is 11.3. The Kier molecular flexibility index (Phi) is 4.32. The van der Waals surface area contributed by atoms with E-state index in [2.05, 4.69) is 4.99 Å². The molecule has 0 bridgehead atoms. The van der Waals surface area contributed by atoms with Gasteiger partial charge in [-0.25, -0.2) is 0 Å². The fourth-order valence-corrected chi connectivity index (χ4v) is 1.96. The van der Waals surface area contributed by atoms with Crippen LogP contribution in [0.5, 0.6) is 0 Å². The van der Waals surface area contributed by atoms with Gasteiger partial charge in [-0.3, -0.25) is 4.79 Å². The molecule has 0 aromatic carbocycles. The van der Waals surface area contributed by atoms with E-state index in [-0.39, 0.29) is 32.9 Å². The number of hydrogen-bond donors (Lipinski definition) is 2. The third kappa shape index (κ3) is 2.74. The third-order valence-electron chi connectivity index (χ3n) is 1.58. The van der Waals surface area contributed by atoms with Crippen molar-refractivity contribution in [3.8, 4) is 0 Å². The first-order chi connectivity index (χ1) is 7.34. The molecular weight excluding hydrogens is 298 g/mol. The summed E-state index contributed by atoms with van der Waals surface area (Å²) in [5.41, 5.74) is 10.1. The highest BCUT2D eigenvalue weighted by Crippen LogP contribution is 2.38. The SMILES string of the molecule is NC(N)=NC(=O)Cn1c(Cl)c(Cl)c(Cl)c1Cl. The molecular formula is C7H6Cl4N4O. The van der Waals surface area contributed by atoms with Crippen LogP contribution >= 0.6 is 46.4 Å². The van der Waals surface area contributed by atoms with E-state index in [1.54, 1.807) is 0 Å². The molecule has 1 aromatic heterocycles. The molecule has 0 aliphatic carbocycles. The second-order valence-corrected chi connectivity index (χ2v) is 4.20. The molecule has 0 radical (unpaired) electrons. The molecule has 1 aromatic rings. The Bertz CT molecular complexity index is 438. The molecule has 0 saturated heterocycles. The summed E-state index contributed by atoms with van der Waals surface area (Å²) in [7, 11) is 0. The smallest absolute Gasteiger partial charge is 0.268 e. The summed E-state index contributed by atoms with van der Waals surface area (Å²) in [5, 5.41) is 0.253. The van der Waals surface area contributed by atoms with Crippen LogP contribution in [0.3, 0.4) is 0 Å². The number of hydrogen-bond acceptors (Lipinski definition) is 1. The first kappa shape index (κ1) is 13.4. The Labute approximate surface area is 111 Å². The first-order valence-corrected chi connectivity index (χ1v) is 5.36. The summed E-state index contributed by atoms with van der Waals surface area (Å²) in [4.78, 5) is 14.6. The highest BCUT2D eigenvalue weighted by atomic mass is 35.5. The fraction of sp³-hybridized carbons (Fsp3) is 0.143. The molecule has 1 rings (SSSR count). The molecule has 0 spiro atoms. The maximum absolute atomic E-state index is 11.3. The first-order valence-electron chi connectivity index (χ1n) is 3.85. The summed E-state index contributed by atoms with van der Waals surface area (Å²) in [6.45, 7) is -0.248. The molecule has 9 heteroatoms. The molecule has 5 nitrogen and oxygen atoms in total. The normalized spacial score (nSPS) is 10.2. The van der Waals surface area contributed by atoms with Crippen molar-refractivity contribution in [3.63, 3.8) is 0 Å². The van der Waals surface area contributed by atoms with E-state index in [9.17, 15) is 4.79 Å². The lowest BCUT2D eigenvalue weighted by molar-refractivity contribution is -0.118. The third-order valence-corrected chi connectivity index (χ3v) is 3.39. The topological polar surface area (TPSA) is 86.4 Å². The predicted molar refractivity (Wildman–Crippen MR) is 65.3 cm³/mol. The van der Waals surface area contributed by atoms with Gasteiger partial charge in [0.15, 0.2) is 5.96 Å². The zero-order chi connectivity index (χ0) is 12.5. The summed E-state index contributed by atoms with van der Waals surface area (Å²) in [6, 6.07) is 0. The van der Waals surface area contributed by atoms with Gasteiger partial charge in [0.2, 0.25) is 0 Å². The van der Waals surface area contributed by atoms with Crippen molar-refractivity contribution in [1.29, 1.82) is 0 Å². The predicted octanol–water partition coefficient (Wildman–Crippen LogP) is 1.90. The maximum Gasteiger partial charge on any atom is 0.268 e. The van der Waals surface area contributed by atoms with Crippen LogP contribution in [0.2, 0.25) is 20.4 Å². The van der Waals surface area contributed by atoms with Crippen LogP contribution in [0.4, 0.5) is 0 Å². The van der Waals surface area contributed by atoms with Crippen LogP contribution in [0.1, 0.15) is 0 Å².